The lowest BCUT2D eigenvalue weighted by Gasteiger charge is -2.15. The van der Waals surface area contributed by atoms with Crippen molar-refractivity contribution in [3.8, 4) is 0 Å². The molecule has 1 atom stereocenters. The number of hydrogen-bond donors (Lipinski definition) is 1. The summed E-state index contributed by atoms with van der Waals surface area (Å²) in [6.45, 7) is 1.24. The van der Waals surface area contributed by atoms with Gasteiger partial charge in [-0.2, -0.15) is 5.10 Å². The van der Waals surface area contributed by atoms with E-state index in [-0.39, 0.29) is 11.9 Å². The maximum Gasteiger partial charge on any atom is 0.255 e. The minimum Gasteiger partial charge on any atom is -0.366 e. The van der Waals surface area contributed by atoms with Crippen molar-refractivity contribution in [3.63, 3.8) is 0 Å². The molecule has 7 heteroatoms. The monoisotopic (exact) mass is 323 g/mol. The van der Waals surface area contributed by atoms with Crippen LogP contribution in [0.4, 0.5) is 0 Å². The first-order valence-electron chi connectivity index (χ1n) is 7.82. The zero-order chi connectivity index (χ0) is 16.7. The number of carbonyl (C=O) groups is 2. The fourth-order valence-corrected chi connectivity index (χ4v) is 3.16. The summed E-state index contributed by atoms with van der Waals surface area (Å²) in [5.74, 6) is -0.476. The number of nitrogens with zero attached hydrogens (tertiary/aromatic N) is 4. The van der Waals surface area contributed by atoms with Crippen LogP contribution < -0.4 is 5.73 Å². The Bertz CT molecular complexity index is 893. The number of hydrogen-bond acceptors (Lipinski definition) is 3. The molecule has 0 aliphatic carbocycles. The molecule has 1 unspecified atom stereocenters. The van der Waals surface area contributed by atoms with Gasteiger partial charge in [0.2, 0.25) is 0 Å². The lowest BCUT2D eigenvalue weighted by molar-refractivity contribution is 0.0787. The first-order valence-corrected chi connectivity index (χ1v) is 7.82. The van der Waals surface area contributed by atoms with Gasteiger partial charge in [0.05, 0.1) is 23.4 Å². The summed E-state index contributed by atoms with van der Waals surface area (Å²) in [6.07, 6.45) is 7.69. The second kappa shape index (κ2) is 5.52. The number of nitrogens with two attached hydrogens (primary N) is 1. The molecule has 0 spiro atoms. The lowest BCUT2D eigenvalue weighted by Crippen LogP contribution is -2.28. The standard InChI is InChI=1S/C17H17N5O2/c18-16(23)13-8-19-22(10-13)15-4-6-21(11-15)17(24)12-7-14-3-1-2-5-20(14)9-12/h1-3,5,7-10,15H,4,6,11H2,(H2,18,23). The second-order valence-electron chi connectivity index (χ2n) is 6.03. The zero-order valence-corrected chi connectivity index (χ0v) is 13.0. The Hall–Kier alpha value is -3.09. The molecule has 0 bridgehead atoms. The van der Waals surface area contributed by atoms with E-state index in [1.54, 1.807) is 10.9 Å². The van der Waals surface area contributed by atoms with Gasteiger partial charge in [-0.1, -0.05) is 6.07 Å². The molecule has 3 aromatic rings. The van der Waals surface area contributed by atoms with Crippen LogP contribution in [0.2, 0.25) is 0 Å². The summed E-state index contributed by atoms with van der Waals surface area (Å²) in [5.41, 5.74) is 7.32. The van der Waals surface area contributed by atoms with Crippen LogP contribution in [0.5, 0.6) is 0 Å². The summed E-state index contributed by atoms with van der Waals surface area (Å²) in [4.78, 5) is 25.7. The van der Waals surface area contributed by atoms with E-state index in [4.69, 9.17) is 5.73 Å². The molecule has 3 aromatic heterocycles. The molecular formula is C17H17N5O2. The van der Waals surface area contributed by atoms with E-state index in [2.05, 4.69) is 5.10 Å². The average molecular weight is 323 g/mol. The Balaban J connectivity index is 1.51. The van der Waals surface area contributed by atoms with Gasteiger partial charge < -0.3 is 15.0 Å². The molecule has 2 amide bonds. The van der Waals surface area contributed by atoms with Crippen molar-refractivity contribution in [3.05, 3.63) is 60.2 Å². The molecule has 1 fully saturated rings. The number of aromatic nitrogens is 3. The highest BCUT2D eigenvalue weighted by atomic mass is 16.2. The van der Waals surface area contributed by atoms with E-state index < -0.39 is 5.91 Å². The number of amides is 2. The van der Waals surface area contributed by atoms with Gasteiger partial charge in [-0.25, -0.2) is 0 Å². The van der Waals surface area contributed by atoms with E-state index in [9.17, 15) is 9.59 Å². The van der Waals surface area contributed by atoms with Crippen LogP contribution >= 0.6 is 0 Å². The van der Waals surface area contributed by atoms with Gasteiger partial charge in [0.25, 0.3) is 11.8 Å². The van der Waals surface area contributed by atoms with E-state index in [1.807, 2.05) is 46.0 Å². The fraction of sp³-hybridized carbons (Fsp3) is 0.235. The van der Waals surface area contributed by atoms with Crippen molar-refractivity contribution in [2.75, 3.05) is 13.1 Å². The molecule has 122 valence electrons. The van der Waals surface area contributed by atoms with E-state index >= 15 is 0 Å². The minimum atomic E-state index is -0.493. The van der Waals surface area contributed by atoms with Gasteiger partial charge in [-0.05, 0) is 24.6 Å². The highest BCUT2D eigenvalue weighted by Gasteiger charge is 2.29. The maximum absolute atomic E-state index is 12.7. The van der Waals surface area contributed by atoms with E-state index in [0.717, 1.165) is 11.9 Å². The Labute approximate surface area is 138 Å². The van der Waals surface area contributed by atoms with Crippen LogP contribution in [-0.2, 0) is 0 Å². The number of fused-ring (bicyclic) bond motifs is 1. The zero-order valence-electron chi connectivity index (χ0n) is 13.0. The van der Waals surface area contributed by atoms with Gasteiger partial charge in [0.1, 0.15) is 0 Å². The molecule has 1 saturated heterocycles. The first-order chi connectivity index (χ1) is 11.6. The number of carbonyl (C=O) groups excluding carboxylic acids is 2. The SMILES string of the molecule is NC(=O)c1cnn(C2CCN(C(=O)c3cc4ccccn4c3)C2)c1. The van der Waals surface area contributed by atoms with Crippen molar-refractivity contribution in [2.45, 2.75) is 12.5 Å². The molecule has 4 rings (SSSR count). The number of primary amides is 1. The van der Waals surface area contributed by atoms with Crippen molar-refractivity contribution < 1.29 is 9.59 Å². The average Bonchev–Trinajstić information content (AvgIpc) is 3.30. The number of rotatable bonds is 3. The lowest BCUT2D eigenvalue weighted by atomic mass is 10.2. The van der Waals surface area contributed by atoms with Crippen LogP contribution in [0.15, 0.2) is 49.1 Å². The maximum atomic E-state index is 12.7. The molecule has 2 N–H and O–H groups in total. The van der Waals surface area contributed by atoms with Gasteiger partial charge in [0, 0.05) is 37.2 Å². The third-order valence-corrected chi connectivity index (χ3v) is 4.46. The summed E-state index contributed by atoms with van der Waals surface area (Å²) < 4.78 is 3.66. The molecule has 24 heavy (non-hydrogen) atoms. The highest BCUT2D eigenvalue weighted by molar-refractivity contribution is 5.96. The van der Waals surface area contributed by atoms with Crippen molar-refractivity contribution in [2.24, 2.45) is 5.73 Å². The first kappa shape index (κ1) is 14.5. The van der Waals surface area contributed by atoms with Crippen LogP contribution in [0.1, 0.15) is 33.2 Å². The number of likely N-dealkylation sites (tertiary alicyclic amines) is 1. The molecule has 0 radical (unpaired) electrons. The van der Waals surface area contributed by atoms with Crippen LogP contribution in [0, 0.1) is 0 Å². The van der Waals surface area contributed by atoms with E-state index in [0.29, 0.717) is 24.2 Å². The Kier molecular flexibility index (Phi) is 3.34. The topological polar surface area (TPSA) is 85.6 Å². The van der Waals surface area contributed by atoms with Crippen LogP contribution in [-0.4, -0.2) is 44.0 Å². The van der Waals surface area contributed by atoms with Crippen molar-refractivity contribution in [1.29, 1.82) is 0 Å². The Morgan fingerprint density at radius 2 is 2.08 bits per heavy atom. The molecule has 4 heterocycles. The second-order valence-corrected chi connectivity index (χ2v) is 6.03. The van der Waals surface area contributed by atoms with Crippen molar-refractivity contribution >= 4 is 17.3 Å². The Morgan fingerprint density at radius 1 is 1.21 bits per heavy atom. The predicted molar refractivity (Wildman–Crippen MR) is 87.7 cm³/mol. The van der Waals surface area contributed by atoms with Gasteiger partial charge in [-0.3, -0.25) is 14.3 Å². The fourth-order valence-electron chi connectivity index (χ4n) is 3.16. The molecular weight excluding hydrogens is 306 g/mol. The Morgan fingerprint density at radius 3 is 2.83 bits per heavy atom. The third-order valence-electron chi connectivity index (χ3n) is 4.46. The molecule has 0 saturated carbocycles. The van der Waals surface area contributed by atoms with E-state index in [1.165, 1.54) is 6.20 Å². The molecule has 1 aliphatic heterocycles. The summed E-state index contributed by atoms with van der Waals surface area (Å²) in [7, 11) is 0. The molecule has 0 aromatic carbocycles. The van der Waals surface area contributed by atoms with Crippen LogP contribution in [0.25, 0.3) is 5.52 Å². The minimum absolute atomic E-state index is 0.0171. The molecule has 7 nitrogen and oxygen atoms in total. The smallest absolute Gasteiger partial charge is 0.255 e. The molecule has 1 aliphatic rings. The third kappa shape index (κ3) is 2.44. The van der Waals surface area contributed by atoms with Gasteiger partial charge in [-0.15, -0.1) is 0 Å². The van der Waals surface area contributed by atoms with Crippen LogP contribution in [0.3, 0.4) is 0 Å². The number of pyridine rings is 1. The van der Waals surface area contributed by atoms with Crippen molar-refractivity contribution in [1.82, 2.24) is 19.1 Å². The normalized spacial score (nSPS) is 17.5. The summed E-state index contributed by atoms with van der Waals surface area (Å²) in [6, 6.07) is 7.82. The van der Waals surface area contributed by atoms with Gasteiger partial charge >= 0.3 is 0 Å². The summed E-state index contributed by atoms with van der Waals surface area (Å²) in [5, 5.41) is 4.19. The highest BCUT2D eigenvalue weighted by Crippen LogP contribution is 2.23. The van der Waals surface area contributed by atoms with Gasteiger partial charge in [0.15, 0.2) is 0 Å². The summed E-state index contributed by atoms with van der Waals surface area (Å²) >= 11 is 0. The largest absolute Gasteiger partial charge is 0.366 e. The predicted octanol–water partition coefficient (Wildman–Crippen LogP) is 1.32. The quantitative estimate of drug-likeness (QED) is 0.789.